The van der Waals surface area contributed by atoms with Gasteiger partial charge in [-0.25, -0.2) is 0 Å². The molecular weight excluding hydrogens is 216 g/mol. The maximum Gasteiger partial charge on any atom is 0.133 e. The number of hydrogen-bond donors (Lipinski definition) is 2. The number of halogens is 1. The Morgan fingerprint density at radius 2 is 2.07 bits per heavy atom. The monoisotopic (exact) mass is 226 g/mol. The summed E-state index contributed by atoms with van der Waals surface area (Å²) < 4.78 is 5.17. The van der Waals surface area contributed by atoms with Crippen LogP contribution in [0.5, 0.6) is 0 Å². The number of aliphatic hydroxyl groups excluding tert-OH is 2. The lowest BCUT2D eigenvalue weighted by atomic mass is 10.0. The van der Waals surface area contributed by atoms with Crippen molar-refractivity contribution in [3.8, 4) is 0 Å². The smallest absolute Gasteiger partial charge is 0.133 e. The second-order valence-corrected chi connectivity index (χ2v) is 3.69. The summed E-state index contributed by atoms with van der Waals surface area (Å²) in [6.07, 6.45) is -0.323. The molecule has 0 aliphatic heterocycles. The quantitative estimate of drug-likeness (QED) is 0.788. The van der Waals surface area contributed by atoms with Crippen molar-refractivity contribution in [1.82, 2.24) is 0 Å². The Morgan fingerprint density at radius 1 is 1.27 bits per heavy atom. The maximum absolute atomic E-state index is 9.72. The number of benzene rings is 1. The van der Waals surface area contributed by atoms with Crippen LogP contribution in [0.15, 0.2) is 34.9 Å². The van der Waals surface area contributed by atoms with Gasteiger partial charge in [-0.2, -0.15) is 0 Å². The molecule has 2 N–H and O–H groups in total. The van der Waals surface area contributed by atoms with Gasteiger partial charge in [-0.1, -0.05) is 6.07 Å². The summed E-state index contributed by atoms with van der Waals surface area (Å²) in [5, 5.41) is 20.0. The molecule has 2 unspecified atom stereocenters. The first-order chi connectivity index (χ1) is 7.22. The van der Waals surface area contributed by atoms with Crippen molar-refractivity contribution < 1.29 is 14.6 Å². The zero-order valence-corrected chi connectivity index (χ0v) is 8.69. The number of furan rings is 1. The van der Waals surface area contributed by atoms with Crippen LogP contribution < -0.4 is 0 Å². The number of rotatable bonds is 3. The molecule has 0 fully saturated rings. The van der Waals surface area contributed by atoms with Gasteiger partial charge in [0, 0.05) is 5.39 Å². The molecule has 3 nitrogen and oxygen atoms in total. The minimum atomic E-state index is -0.957. The van der Waals surface area contributed by atoms with Crippen LogP contribution in [0.2, 0.25) is 0 Å². The molecule has 2 aromatic rings. The molecule has 0 bridgehead atoms. The Bertz CT molecular complexity index is 452. The molecule has 80 valence electrons. The third-order valence-corrected chi connectivity index (χ3v) is 2.66. The van der Waals surface area contributed by atoms with Gasteiger partial charge in [-0.3, -0.25) is 0 Å². The molecule has 1 aromatic heterocycles. The number of fused-ring (bicyclic) bond motifs is 1. The first-order valence-corrected chi connectivity index (χ1v) is 5.15. The highest BCUT2D eigenvalue weighted by atomic mass is 35.5. The fourth-order valence-corrected chi connectivity index (χ4v) is 1.64. The largest absolute Gasteiger partial charge is 0.464 e. The Kier molecular flexibility index (Phi) is 2.95. The first kappa shape index (κ1) is 10.5. The van der Waals surface area contributed by atoms with Crippen molar-refractivity contribution in [1.29, 1.82) is 0 Å². The number of alkyl halides is 1. The molecule has 2 atom stereocenters. The molecule has 0 amide bonds. The average Bonchev–Trinajstić information content (AvgIpc) is 2.73. The van der Waals surface area contributed by atoms with Crippen LogP contribution >= 0.6 is 11.6 Å². The topological polar surface area (TPSA) is 53.6 Å². The van der Waals surface area contributed by atoms with Crippen LogP contribution in [-0.4, -0.2) is 22.2 Å². The molecule has 0 aliphatic rings. The zero-order valence-electron chi connectivity index (χ0n) is 7.93. The van der Waals surface area contributed by atoms with E-state index in [1.807, 2.05) is 0 Å². The SMILES string of the molecule is OC(CCl)C(O)c1ccc2occc2c1. The summed E-state index contributed by atoms with van der Waals surface area (Å²) in [5.41, 5.74) is 1.39. The third kappa shape index (κ3) is 2.00. The van der Waals surface area contributed by atoms with E-state index < -0.39 is 12.2 Å². The minimum absolute atomic E-state index is 0.00455. The number of hydrogen-bond acceptors (Lipinski definition) is 3. The van der Waals surface area contributed by atoms with Crippen LogP contribution in [0.3, 0.4) is 0 Å². The predicted octanol–water partition coefficient (Wildman–Crippen LogP) is 2.07. The molecule has 0 aliphatic carbocycles. The second kappa shape index (κ2) is 4.23. The summed E-state index contributed by atoms with van der Waals surface area (Å²) in [4.78, 5) is 0. The van der Waals surface area contributed by atoms with E-state index in [2.05, 4.69) is 0 Å². The maximum atomic E-state index is 9.72. The van der Waals surface area contributed by atoms with E-state index in [9.17, 15) is 10.2 Å². The molecular formula is C11H11ClO3. The Morgan fingerprint density at radius 3 is 2.80 bits per heavy atom. The summed E-state index contributed by atoms with van der Waals surface area (Å²) in [6, 6.07) is 7.05. The van der Waals surface area contributed by atoms with Crippen molar-refractivity contribution >= 4 is 22.6 Å². The lowest BCUT2D eigenvalue weighted by molar-refractivity contribution is 0.0328. The predicted molar refractivity (Wildman–Crippen MR) is 57.9 cm³/mol. The third-order valence-electron chi connectivity index (χ3n) is 2.34. The van der Waals surface area contributed by atoms with Crippen LogP contribution in [-0.2, 0) is 0 Å². The Labute approximate surface area is 91.9 Å². The van der Waals surface area contributed by atoms with Crippen molar-refractivity contribution in [2.24, 2.45) is 0 Å². The lowest BCUT2D eigenvalue weighted by Gasteiger charge is -2.15. The van der Waals surface area contributed by atoms with Gasteiger partial charge < -0.3 is 14.6 Å². The average molecular weight is 227 g/mol. The molecule has 0 radical (unpaired) electrons. The van der Waals surface area contributed by atoms with Gasteiger partial charge in [0.05, 0.1) is 18.2 Å². The van der Waals surface area contributed by atoms with Gasteiger partial charge in [0.15, 0.2) is 0 Å². The summed E-state index contributed by atoms with van der Waals surface area (Å²) in [6.45, 7) is 0. The molecule has 4 heteroatoms. The van der Waals surface area contributed by atoms with E-state index in [0.29, 0.717) is 5.56 Å². The second-order valence-electron chi connectivity index (χ2n) is 3.38. The fourth-order valence-electron chi connectivity index (χ4n) is 1.48. The molecule has 0 saturated heterocycles. The van der Waals surface area contributed by atoms with Crippen molar-refractivity contribution in [3.05, 3.63) is 36.1 Å². The van der Waals surface area contributed by atoms with E-state index in [-0.39, 0.29) is 5.88 Å². The van der Waals surface area contributed by atoms with Gasteiger partial charge in [0.2, 0.25) is 0 Å². The standard InChI is InChI=1S/C11H11ClO3/c12-6-9(13)11(14)8-1-2-10-7(5-8)3-4-15-10/h1-5,9,11,13-14H,6H2. The fraction of sp³-hybridized carbons (Fsp3) is 0.273. The molecule has 2 rings (SSSR count). The van der Waals surface area contributed by atoms with Crippen LogP contribution in [0.1, 0.15) is 11.7 Å². The highest BCUT2D eigenvalue weighted by Gasteiger charge is 2.17. The zero-order chi connectivity index (χ0) is 10.8. The van der Waals surface area contributed by atoms with Crippen LogP contribution in [0, 0.1) is 0 Å². The highest BCUT2D eigenvalue weighted by Crippen LogP contribution is 2.23. The number of aliphatic hydroxyl groups is 2. The summed E-state index contributed by atoms with van der Waals surface area (Å²) in [5.74, 6) is 0.00455. The normalized spacial score (nSPS) is 15.4. The van der Waals surface area contributed by atoms with Crippen molar-refractivity contribution in [2.45, 2.75) is 12.2 Å². The van der Waals surface area contributed by atoms with E-state index in [4.69, 9.17) is 16.0 Å². The Hall–Kier alpha value is -1.03. The van der Waals surface area contributed by atoms with Gasteiger partial charge in [-0.15, -0.1) is 11.6 Å². The molecule has 1 aromatic carbocycles. The first-order valence-electron chi connectivity index (χ1n) is 4.61. The van der Waals surface area contributed by atoms with E-state index in [1.165, 1.54) is 0 Å². The van der Waals surface area contributed by atoms with Crippen molar-refractivity contribution in [3.63, 3.8) is 0 Å². The van der Waals surface area contributed by atoms with E-state index in [0.717, 1.165) is 11.0 Å². The molecule has 0 saturated carbocycles. The van der Waals surface area contributed by atoms with Gasteiger partial charge in [-0.05, 0) is 23.8 Å². The lowest BCUT2D eigenvalue weighted by Crippen LogP contribution is -2.19. The molecule has 15 heavy (non-hydrogen) atoms. The summed E-state index contributed by atoms with van der Waals surface area (Å²) in [7, 11) is 0. The van der Waals surface area contributed by atoms with Gasteiger partial charge >= 0.3 is 0 Å². The molecule has 1 heterocycles. The van der Waals surface area contributed by atoms with E-state index >= 15 is 0 Å². The van der Waals surface area contributed by atoms with Gasteiger partial charge in [0.25, 0.3) is 0 Å². The molecule has 0 spiro atoms. The highest BCUT2D eigenvalue weighted by molar-refractivity contribution is 6.18. The Balaban J connectivity index is 2.35. The van der Waals surface area contributed by atoms with E-state index in [1.54, 1.807) is 30.5 Å². The van der Waals surface area contributed by atoms with Crippen LogP contribution in [0.4, 0.5) is 0 Å². The van der Waals surface area contributed by atoms with Crippen LogP contribution in [0.25, 0.3) is 11.0 Å². The summed E-state index contributed by atoms with van der Waals surface area (Å²) >= 11 is 5.47. The van der Waals surface area contributed by atoms with Gasteiger partial charge in [0.1, 0.15) is 11.7 Å². The minimum Gasteiger partial charge on any atom is -0.464 e. The van der Waals surface area contributed by atoms with Crippen molar-refractivity contribution in [2.75, 3.05) is 5.88 Å².